The van der Waals surface area contributed by atoms with Crippen molar-refractivity contribution in [2.75, 3.05) is 28.6 Å². The minimum atomic E-state index is -0.621. The summed E-state index contributed by atoms with van der Waals surface area (Å²) in [5.41, 5.74) is 2.63. The van der Waals surface area contributed by atoms with Gasteiger partial charge in [0, 0.05) is 48.1 Å². The van der Waals surface area contributed by atoms with Gasteiger partial charge in [0.25, 0.3) is 5.91 Å². The van der Waals surface area contributed by atoms with Crippen molar-refractivity contribution < 1.29 is 18.7 Å². The maximum Gasteiger partial charge on any atom is 0.255 e. The monoisotopic (exact) mass is 488 g/mol. The summed E-state index contributed by atoms with van der Waals surface area (Å²) in [4.78, 5) is 14.8. The second kappa shape index (κ2) is 10.2. The van der Waals surface area contributed by atoms with Crippen LogP contribution in [0.15, 0.2) is 85.2 Å². The smallest absolute Gasteiger partial charge is 0.255 e. The maximum absolute atomic E-state index is 14.7. The molecule has 1 fully saturated rings. The SMILES string of the molecule is O=C(Nc1ccc(Nc2ccc(-n3cccc3)cc2F)c(F)c1)c1ccc(N2CCC(O)CC2)cc1. The van der Waals surface area contributed by atoms with Crippen LogP contribution >= 0.6 is 0 Å². The third kappa shape index (κ3) is 5.23. The van der Waals surface area contributed by atoms with Gasteiger partial charge in [0.05, 0.1) is 17.5 Å². The molecule has 5 rings (SSSR count). The van der Waals surface area contributed by atoms with Gasteiger partial charge in [0.2, 0.25) is 0 Å². The molecule has 1 aliphatic rings. The molecule has 0 radical (unpaired) electrons. The quantitative estimate of drug-likeness (QED) is 0.325. The average Bonchev–Trinajstić information content (AvgIpc) is 3.42. The zero-order chi connectivity index (χ0) is 25.1. The molecule has 3 aromatic carbocycles. The van der Waals surface area contributed by atoms with E-state index in [1.807, 2.05) is 36.7 Å². The summed E-state index contributed by atoms with van der Waals surface area (Å²) in [5, 5.41) is 15.1. The molecular formula is C28H26F2N4O2. The van der Waals surface area contributed by atoms with Gasteiger partial charge in [-0.1, -0.05) is 0 Å². The van der Waals surface area contributed by atoms with Gasteiger partial charge in [-0.3, -0.25) is 4.79 Å². The highest BCUT2D eigenvalue weighted by Crippen LogP contribution is 2.27. The fourth-order valence-electron chi connectivity index (χ4n) is 4.26. The Morgan fingerprint density at radius 3 is 2.08 bits per heavy atom. The highest BCUT2D eigenvalue weighted by atomic mass is 19.1. The van der Waals surface area contributed by atoms with E-state index in [2.05, 4.69) is 15.5 Å². The Kier molecular flexibility index (Phi) is 6.69. The number of benzene rings is 3. The molecule has 1 amide bonds. The molecule has 0 spiro atoms. The molecule has 0 saturated carbocycles. The topological polar surface area (TPSA) is 69.5 Å². The number of anilines is 4. The Balaban J connectivity index is 1.23. The number of aliphatic hydroxyl groups is 1. The lowest BCUT2D eigenvalue weighted by Crippen LogP contribution is -2.35. The van der Waals surface area contributed by atoms with Gasteiger partial charge in [-0.15, -0.1) is 0 Å². The van der Waals surface area contributed by atoms with Crippen molar-refractivity contribution in [1.29, 1.82) is 0 Å². The molecule has 6 nitrogen and oxygen atoms in total. The number of nitrogens with one attached hydrogen (secondary N) is 2. The third-order valence-corrected chi connectivity index (χ3v) is 6.31. The number of hydrogen-bond acceptors (Lipinski definition) is 4. The van der Waals surface area contributed by atoms with Gasteiger partial charge >= 0.3 is 0 Å². The Morgan fingerprint density at radius 1 is 0.833 bits per heavy atom. The molecule has 1 aromatic heterocycles. The first kappa shape index (κ1) is 23.6. The van der Waals surface area contributed by atoms with Gasteiger partial charge in [0.1, 0.15) is 11.6 Å². The predicted octanol–water partition coefficient (Wildman–Crippen LogP) is 5.71. The molecule has 2 heterocycles. The number of aliphatic hydroxyl groups excluding tert-OH is 1. The van der Waals surface area contributed by atoms with Crippen LogP contribution in [0.3, 0.4) is 0 Å². The summed E-state index contributed by atoms with van der Waals surface area (Å²) >= 11 is 0. The lowest BCUT2D eigenvalue weighted by atomic mass is 10.1. The summed E-state index contributed by atoms with van der Waals surface area (Å²) < 4.78 is 31.1. The zero-order valence-electron chi connectivity index (χ0n) is 19.5. The van der Waals surface area contributed by atoms with Crippen LogP contribution in [0.25, 0.3) is 5.69 Å². The molecule has 1 aliphatic heterocycles. The molecule has 3 N–H and O–H groups in total. The number of halogens is 2. The number of carbonyl (C=O) groups is 1. The van der Waals surface area contributed by atoms with E-state index in [0.717, 1.165) is 31.6 Å². The standard InChI is InChI=1S/C28H26F2N4O2/c29-24-17-20(31-28(36)19-3-6-21(7-4-19)34-15-11-23(35)12-16-34)5-9-26(24)32-27-10-8-22(18-25(27)30)33-13-1-2-14-33/h1-10,13-14,17-18,23,32,35H,11-12,15-16H2,(H,31,36). The summed E-state index contributed by atoms with van der Waals surface area (Å²) in [6.45, 7) is 1.54. The summed E-state index contributed by atoms with van der Waals surface area (Å²) in [5.74, 6) is -1.49. The molecule has 0 bridgehead atoms. The number of amides is 1. The molecule has 0 atom stereocenters. The molecule has 36 heavy (non-hydrogen) atoms. The first-order valence-corrected chi connectivity index (χ1v) is 11.8. The predicted molar refractivity (Wildman–Crippen MR) is 137 cm³/mol. The van der Waals surface area contributed by atoms with E-state index in [9.17, 15) is 18.7 Å². The van der Waals surface area contributed by atoms with Crippen LogP contribution in [0, 0.1) is 11.6 Å². The van der Waals surface area contributed by atoms with E-state index in [4.69, 9.17) is 0 Å². The molecule has 184 valence electrons. The van der Waals surface area contributed by atoms with E-state index >= 15 is 0 Å². The van der Waals surface area contributed by atoms with Crippen LogP contribution in [0.1, 0.15) is 23.2 Å². The first-order valence-electron chi connectivity index (χ1n) is 11.8. The van der Waals surface area contributed by atoms with Crippen molar-refractivity contribution in [3.8, 4) is 5.69 Å². The number of rotatable bonds is 6. The van der Waals surface area contributed by atoms with Gasteiger partial charge < -0.3 is 25.2 Å². The van der Waals surface area contributed by atoms with Crippen LogP contribution in [0.4, 0.5) is 31.5 Å². The molecule has 1 saturated heterocycles. The lowest BCUT2D eigenvalue weighted by Gasteiger charge is -2.31. The van der Waals surface area contributed by atoms with Crippen LogP contribution in [0.2, 0.25) is 0 Å². The van der Waals surface area contributed by atoms with E-state index in [-0.39, 0.29) is 23.4 Å². The number of carbonyl (C=O) groups excluding carboxylic acids is 1. The molecule has 8 heteroatoms. The van der Waals surface area contributed by atoms with Gasteiger partial charge in [-0.05, 0) is 85.6 Å². The first-order chi connectivity index (χ1) is 17.5. The zero-order valence-corrected chi connectivity index (χ0v) is 19.5. The Morgan fingerprint density at radius 2 is 1.44 bits per heavy atom. The van der Waals surface area contributed by atoms with Crippen molar-refractivity contribution in [1.82, 2.24) is 4.57 Å². The van der Waals surface area contributed by atoms with Crippen molar-refractivity contribution in [3.63, 3.8) is 0 Å². The number of piperidine rings is 1. The lowest BCUT2D eigenvalue weighted by molar-refractivity contribution is 0.102. The third-order valence-electron chi connectivity index (χ3n) is 6.31. The van der Waals surface area contributed by atoms with E-state index in [1.54, 1.807) is 34.9 Å². The average molecular weight is 489 g/mol. The second-order valence-corrected chi connectivity index (χ2v) is 8.79. The minimum Gasteiger partial charge on any atom is -0.393 e. The Labute approximate surface area is 207 Å². The molecule has 0 unspecified atom stereocenters. The number of hydrogen-bond donors (Lipinski definition) is 3. The minimum absolute atomic E-state index is 0.0941. The van der Waals surface area contributed by atoms with Gasteiger partial charge in [0.15, 0.2) is 0 Å². The summed E-state index contributed by atoms with van der Waals surface area (Å²) in [6.07, 6.45) is 4.82. The van der Waals surface area contributed by atoms with Crippen LogP contribution in [-0.2, 0) is 0 Å². The van der Waals surface area contributed by atoms with Crippen molar-refractivity contribution in [2.24, 2.45) is 0 Å². The van der Waals surface area contributed by atoms with Crippen LogP contribution in [0.5, 0.6) is 0 Å². The summed E-state index contributed by atoms with van der Waals surface area (Å²) in [6, 6.07) is 19.7. The molecular weight excluding hydrogens is 462 g/mol. The van der Waals surface area contributed by atoms with E-state index in [0.29, 0.717) is 16.9 Å². The van der Waals surface area contributed by atoms with E-state index < -0.39 is 11.6 Å². The van der Waals surface area contributed by atoms with Gasteiger partial charge in [-0.2, -0.15) is 0 Å². The fourth-order valence-corrected chi connectivity index (χ4v) is 4.26. The van der Waals surface area contributed by atoms with Crippen molar-refractivity contribution in [2.45, 2.75) is 18.9 Å². The molecule has 0 aliphatic carbocycles. The Hall–Kier alpha value is -4.17. The Bertz CT molecular complexity index is 1350. The fraction of sp³-hybridized carbons (Fsp3) is 0.179. The molecule has 4 aromatic rings. The van der Waals surface area contributed by atoms with Crippen LogP contribution < -0.4 is 15.5 Å². The van der Waals surface area contributed by atoms with Crippen LogP contribution in [-0.4, -0.2) is 34.8 Å². The van der Waals surface area contributed by atoms with Crippen molar-refractivity contribution in [3.05, 3.63) is 102 Å². The van der Waals surface area contributed by atoms with E-state index in [1.165, 1.54) is 18.2 Å². The highest BCUT2D eigenvalue weighted by molar-refractivity contribution is 6.04. The summed E-state index contributed by atoms with van der Waals surface area (Å²) in [7, 11) is 0. The highest BCUT2D eigenvalue weighted by Gasteiger charge is 2.18. The maximum atomic E-state index is 14.7. The normalized spacial score (nSPS) is 14.0. The number of aromatic nitrogens is 1. The second-order valence-electron chi connectivity index (χ2n) is 8.79. The van der Waals surface area contributed by atoms with Crippen molar-refractivity contribution >= 4 is 28.7 Å². The largest absolute Gasteiger partial charge is 0.393 e. The number of nitrogens with zero attached hydrogens (tertiary/aromatic N) is 2. The van der Waals surface area contributed by atoms with Gasteiger partial charge in [-0.25, -0.2) is 8.78 Å².